The minimum atomic E-state index is 0. The summed E-state index contributed by atoms with van der Waals surface area (Å²) in [6, 6.07) is 0. The Morgan fingerprint density at radius 1 is 1.50 bits per heavy atom. The van der Waals surface area contributed by atoms with E-state index >= 15 is 0 Å². The number of halogens is 1. The summed E-state index contributed by atoms with van der Waals surface area (Å²) >= 11 is 1.75. The first-order chi connectivity index (χ1) is 8.18. The number of rotatable bonds is 7. The summed E-state index contributed by atoms with van der Waals surface area (Å²) in [6.07, 6.45) is 3.68. The Bertz CT molecular complexity index is 221. The maximum Gasteiger partial charge on any atom is 0.230 e. The average Bonchev–Trinajstić information content (AvgIpc) is 2.33. The molecule has 1 saturated heterocycles. The van der Waals surface area contributed by atoms with Gasteiger partial charge in [0.2, 0.25) is 5.91 Å². The van der Waals surface area contributed by atoms with Gasteiger partial charge in [-0.05, 0) is 49.9 Å². The van der Waals surface area contributed by atoms with E-state index in [0.29, 0.717) is 11.7 Å². The summed E-state index contributed by atoms with van der Waals surface area (Å²) in [5.74, 6) is 3.28. The zero-order chi connectivity index (χ0) is 12.5. The molecule has 1 fully saturated rings. The van der Waals surface area contributed by atoms with Crippen molar-refractivity contribution >= 4 is 30.1 Å². The third kappa shape index (κ3) is 9.06. The van der Waals surface area contributed by atoms with Crippen LogP contribution in [0.15, 0.2) is 0 Å². The molecule has 0 bridgehead atoms. The van der Waals surface area contributed by atoms with E-state index in [4.69, 9.17) is 0 Å². The van der Waals surface area contributed by atoms with Gasteiger partial charge in [-0.2, -0.15) is 11.8 Å². The number of nitrogens with one attached hydrogen (secondary N) is 2. The lowest BCUT2D eigenvalue weighted by atomic mass is 10.00. The molecule has 0 aromatic carbocycles. The molecule has 1 unspecified atom stereocenters. The lowest BCUT2D eigenvalue weighted by Crippen LogP contribution is -2.38. The Labute approximate surface area is 122 Å². The summed E-state index contributed by atoms with van der Waals surface area (Å²) in [6.45, 7) is 7.47. The third-order valence-electron chi connectivity index (χ3n) is 3.06. The number of hydrogen-bond acceptors (Lipinski definition) is 3. The molecule has 108 valence electrons. The Morgan fingerprint density at radius 2 is 2.28 bits per heavy atom. The highest BCUT2D eigenvalue weighted by Crippen LogP contribution is 2.10. The van der Waals surface area contributed by atoms with Crippen molar-refractivity contribution in [2.45, 2.75) is 33.1 Å². The minimum absolute atomic E-state index is 0. The predicted octanol–water partition coefficient (Wildman–Crippen LogP) is 2.30. The van der Waals surface area contributed by atoms with Crippen LogP contribution in [0, 0.1) is 11.8 Å². The number of hydrogen-bond donors (Lipinski definition) is 2. The number of piperidine rings is 1. The first-order valence-corrected chi connectivity index (χ1v) is 7.89. The molecule has 0 saturated carbocycles. The molecule has 1 heterocycles. The van der Waals surface area contributed by atoms with Gasteiger partial charge in [0.1, 0.15) is 0 Å². The van der Waals surface area contributed by atoms with Crippen LogP contribution in [-0.2, 0) is 4.79 Å². The van der Waals surface area contributed by atoms with Gasteiger partial charge in [0, 0.05) is 6.54 Å². The maximum absolute atomic E-state index is 11.6. The smallest absolute Gasteiger partial charge is 0.230 e. The second-order valence-corrected chi connectivity index (χ2v) is 6.36. The largest absolute Gasteiger partial charge is 0.355 e. The Hall–Kier alpha value is 0.0700. The van der Waals surface area contributed by atoms with Crippen molar-refractivity contribution in [2.24, 2.45) is 11.8 Å². The Balaban J connectivity index is 0.00000289. The van der Waals surface area contributed by atoms with Gasteiger partial charge in [-0.1, -0.05) is 13.8 Å². The molecule has 0 aromatic rings. The highest BCUT2D eigenvalue weighted by Gasteiger charge is 2.13. The van der Waals surface area contributed by atoms with Gasteiger partial charge >= 0.3 is 0 Å². The second kappa shape index (κ2) is 10.9. The van der Waals surface area contributed by atoms with E-state index in [9.17, 15) is 4.79 Å². The maximum atomic E-state index is 11.6. The number of carbonyl (C=O) groups is 1. The molecule has 1 aliphatic heterocycles. The molecule has 1 rings (SSSR count). The molecule has 1 atom stereocenters. The van der Waals surface area contributed by atoms with E-state index < -0.39 is 0 Å². The van der Waals surface area contributed by atoms with Gasteiger partial charge in [0.25, 0.3) is 0 Å². The molecule has 3 nitrogen and oxygen atoms in total. The molecule has 18 heavy (non-hydrogen) atoms. The summed E-state index contributed by atoms with van der Waals surface area (Å²) in [5, 5.41) is 6.41. The molecule has 1 aliphatic rings. The van der Waals surface area contributed by atoms with E-state index in [-0.39, 0.29) is 18.3 Å². The van der Waals surface area contributed by atoms with Gasteiger partial charge < -0.3 is 10.6 Å². The van der Waals surface area contributed by atoms with E-state index in [1.54, 1.807) is 11.8 Å². The van der Waals surface area contributed by atoms with Crippen molar-refractivity contribution in [2.75, 3.05) is 31.1 Å². The fraction of sp³-hybridized carbons (Fsp3) is 0.923. The first kappa shape index (κ1) is 18.1. The summed E-state index contributed by atoms with van der Waals surface area (Å²) in [5.41, 5.74) is 0. The van der Waals surface area contributed by atoms with Gasteiger partial charge in [-0.15, -0.1) is 12.4 Å². The molecule has 1 amide bonds. The van der Waals surface area contributed by atoms with Crippen molar-refractivity contribution in [1.29, 1.82) is 0 Å². The van der Waals surface area contributed by atoms with Gasteiger partial charge in [0.15, 0.2) is 0 Å². The van der Waals surface area contributed by atoms with Crippen LogP contribution in [-0.4, -0.2) is 37.0 Å². The standard InChI is InChI=1S/C13H26N2OS.ClH/c1-11(2)5-7-17-10-13(16)15-9-12-4-3-6-14-8-12;/h11-12,14H,3-10H2,1-2H3,(H,15,16);1H. The van der Waals surface area contributed by atoms with Crippen LogP contribution in [0.5, 0.6) is 0 Å². The van der Waals surface area contributed by atoms with E-state index in [1.165, 1.54) is 19.3 Å². The van der Waals surface area contributed by atoms with Crippen LogP contribution >= 0.6 is 24.2 Å². The quantitative estimate of drug-likeness (QED) is 0.708. The van der Waals surface area contributed by atoms with Gasteiger partial charge in [-0.3, -0.25) is 4.79 Å². The summed E-state index contributed by atoms with van der Waals surface area (Å²) in [7, 11) is 0. The van der Waals surface area contributed by atoms with Crippen LogP contribution in [0.25, 0.3) is 0 Å². The summed E-state index contributed by atoms with van der Waals surface area (Å²) < 4.78 is 0. The van der Waals surface area contributed by atoms with Gasteiger partial charge in [-0.25, -0.2) is 0 Å². The van der Waals surface area contributed by atoms with Crippen molar-refractivity contribution in [3.63, 3.8) is 0 Å². The molecule has 0 spiro atoms. The zero-order valence-corrected chi connectivity index (χ0v) is 13.2. The average molecular weight is 295 g/mol. The normalized spacial score (nSPS) is 19.4. The summed E-state index contributed by atoms with van der Waals surface area (Å²) in [4.78, 5) is 11.6. The monoisotopic (exact) mass is 294 g/mol. The van der Waals surface area contributed by atoms with Crippen LogP contribution in [0.3, 0.4) is 0 Å². The second-order valence-electron chi connectivity index (χ2n) is 5.25. The molecule has 2 N–H and O–H groups in total. The van der Waals surface area contributed by atoms with Crippen molar-refractivity contribution < 1.29 is 4.79 Å². The fourth-order valence-corrected chi connectivity index (χ4v) is 2.96. The first-order valence-electron chi connectivity index (χ1n) is 6.73. The molecular weight excluding hydrogens is 268 g/mol. The highest BCUT2D eigenvalue weighted by molar-refractivity contribution is 7.99. The Morgan fingerprint density at radius 3 is 2.89 bits per heavy atom. The van der Waals surface area contributed by atoms with Gasteiger partial charge in [0.05, 0.1) is 5.75 Å². The fourth-order valence-electron chi connectivity index (χ4n) is 1.89. The minimum Gasteiger partial charge on any atom is -0.355 e. The number of thioether (sulfide) groups is 1. The van der Waals surface area contributed by atoms with E-state index in [2.05, 4.69) is 24.5 Å². The van der Waals surface area contributed by atoms with Crippen LogP contribution < -0.4 is 10.6 Å². The lowest BCUT2D eigenvalue weighted by Gasteiger charge is -2.22. The van der Waals surface area contributed by atoms with Crippen molar-refractivity contribution in [3.05, 3.63) is 0 Å². The topological polar surface area (TPSA) is 41.1 Å². The van der Waals surface area contributed by atoms with Crippen LogP contribution in [0.1, 0.15) is 33.1 Å². The SMILES string of the molecule is CC(C)CCSCC(=O)NCC1CCCNC1.Cl. The van der Waals surface area contributed by atoms with Crippen LogP contribution in [0.4, 0.5) is 0 Å². The number of amides is 1. The van der Waals surface area contributed by atoms with E-state index in [1.807, 2.05) is 0 Å². The Kier molecular flexibility index (Phi) is 11.0. The lowest BCUT2D eigenvalue weighted by molar-refractivity contribution is -0.118. The molecule has 0 aliphatic carbocycles. The van der Waals surface area contributed by atoms with E-state index in [0.717, 1.165) is 31.3 Å². The molecule has 0 aromatic heterocycles. The van der Waals surface area contributed by atoms with Crippen molar-refractivity contribution in [1.82, 2.24) is 10.6 Å². The molecule has 0 radical (unpaired) electrons. The highest BCUT2D eigenvalue weighted by atomic mass is 35.5. The molecular formula is C13H27ClN2OS. The predicted molar refractivity (Wildman–Crippen MR) is 82.6 cm³/mol. The van der Waals surface area contributed by atoms with Crippen molar-refractivity contribution in [3.8, 4) is 0 Å². The van der Waals surface area contributed by atoms with Crippen LogP contribution in [0.2, 0.25) is 0 Å². The molecule has 5 heteroatoms. The number of carbonyl (C=O) groups excluding carboxylic acids is 1. The zero-order valence-electron chi connectivity index (χ0n) is 11.5. The third-order valence-corrected chi connectivity index (χ3v) is 4.05.